The third-order valence-corrected chi connectivity index (χ3v) is 5.90. The van der Waals surface area contributed by atoms with E-state index < -0.39 is 11.0 Å². The first-order chi connectivity index (χ1) is 14.0. The summed E-state index contributed by atoms with van der Waals surface area (Å²) in [7, 11) is 1.64. The highest BCUT2D eigenvalue weighted by Gasteiger charge is 2.68. The molecule has 0 aromatic heterocycles. The summed E-state index contributed by atoms with van der Waals surface area (Å²) < 4.78 is 10.9. The van der Waals surface area contributed by atoms with E-state index in [1.54, 1.807) is 30.3 Å². The number of ether oxygens (including phenoxy) is 2. The molecular formula is C22H22N2O5. The van der Waals surface area contributed by atoms with Gasteiger partial charge in [-0.25, -0.2) is 4.79 Å². The van der Waals surface area contributed by atoms with E-state index in [0.29, 0.717) is 13.2 Å². The Balaban J connectivity index is 1.51. The van der Waals surface area contributed by atoms with Crippen molar-refractivity contribution in [3.05, 3.63) is 88.1 Å². The third kappa shape index (κ3) is 3.38. The molecule has 0 bridgehead atoms. The summed E-state index contributed by atoms with van der Waals surface area (Å²) in [6.45, 7) is 1.17. The molecule has 1 saturated carbocycles. The first-order valence-corrected chi connectivity index (χ1v) is 9.40. The average molecular weight is 394 g/mol. The summed E-state index contributed by atoms with van der Waals surface area (Å²) in [5.41, 5.74) is 1.44. The molecular weight excluding hydrogens is 372 g/mol. The highest BCUT2D eigenvalue weighted by molar-refractivity contribution is 5.70. The first kappa shape index (κ1) is 19.1. The fourth-order valence-corrected chi connectivity index (χ4v) is 4.33. The number of fused-ring (bicyclic) bond motifs is 1. The van der Waals surface area contributed by atoms with E-state index in [1.165, 1.54) is 12.1 Å². The van der Waals surface area contributed by atoms with E-state index in [-0.39, 0.29) is 23.1 Å². The van der Waals surface area contributed by atoms with Gasteiger partial charge in [-0.15, -0.1) is 0 Å². The Hall–Kier alpha value is -3.19. The Labute approximate surface area is 168 Å². The summed E-state index contributed by atoms with van der Waals surface area (Å²) in [4.78, 5) is 24.7. The van der Waals surface area contributed by atoms with E-state index in [1.807, 2.05) is 36.4 Å². The van der Waals surface area contributed by atoms with Crippen LogP contribution in [-0.4, -0.2) is 36.2 Å². The van der Waals surface area contributed by atoms with Gasteiger partial charge in [0.15, 0.2) is 0 Å². The van der Waals surface area contributed by atoms with Gasteiger partial charge < -0.3 is 9.47 Å². The quantitative estimate of drug-likeness (QED) is 0.546. The molecule has 1 aliphatic carbocycles. The fraction of sp³-hybridized carbons (Fsp3) is 0.318. The number of non-ortho nitro benzene ring substituents is 1. The van der Waals surface area contributed by atoms with Crippen molar-refractivity contribution in [1.82, 2.24) is 4.90 Å². The van der Waals surface area contributed by atoms with Crippen LogP contribution in [0.2, 0.25) is 0 Å². The molecule has 4 rings (SSSR count). The summed E-state index contributed by atoms with van der Waals surface area (Å²) in [6, 6.07) is 16.2. The van der Waals surface area contributed by atoms with Gasteiger partial charge in [-0.05, 0) is 17.5 Å². The van der Waals surface area contributed by atoms with Gasteiger partial charge in [-0.2, -0.15) is 0 Å². The van der Waals surface area contributed by atoms with Gasteiger partial charge in [-0.3, -0.25) is 15.0 Å². The lowest BCUT2D eigenvalue weighted by molar-refractivity contribution is -0.384. The van der Waals surface area contributed by atoms with E-state index in [0.717, 1.165) is 17.5 Å². The lowest BCUT2D eigenvalue weighted by Gasteiger charge is -2.32. The summed E-state index contributed by atoms with van der Waals surface area (Å²) in [6.07, 6.45) is 4.17. The van der Waals surface area contributed by atoms with Crippen molar-refractivity contribution in [2.75, 3.05) is 20.3 Å². The Kier molecular flexibility index (Phi) is 4.84. The molecule has 7 nitrogen and oxygen atoms in total. The zero-order chi connectivity index (χ0) is 20.5. The number of nitro benzene ring substituents is 1. The minimum Gasteiger partial charge on any atom is -0.444 e. The zero-order valence-corrected chi connectivity index (χ0v) is 16.1. The van der Waals surface area contributed by atoms with Crippen molar-refractivity contribution in [3.8, 4) is 0 Å². The fourth-order valence-electron chi connectivity index (χ4n) is 4.33. The molecule has 1 heterocycles. The van der Waals surface area contributed by atoms with E-state index in [4.69, 9.17) is 9.47 Å². The highest BCUT2D eigenvalue weighted by Crippen LogP contribution is 2.67. The molecule has 0 N–H and O–H groups in total. The number of rotatable bonds is 6. The Morgan fingerprint density at radius 3 is 2.55 bits per heavy atom. The van der Waals surface area contributed by atoms with Crippen molar-refractivity contribution in [2.45, 2.75) is 18.4 Å². The van der Waals surface area contributed by atoms with Crippen LogP contribution in [0.3, 0.4) is 0 Å². The molecule has 1 amide bonds. The molecule has 29 heavy (non-hydrogen) atoms. The second-order valence-corrected chi connectivity index (χ2v) is 7.65. The number of carbonyl (C=O) groups is 1. The van der Waals surface area contributed by atoms with Crippen LogP contribution in [0.15, 0.2) is 66.9 Å². The maximum Gasteiger partial charge on any atom is 0.414 e. The average Bonchev–Trinajstić information content (AvgIpc) is 3.42. The van der Waals surface area contributed by atoms with Crippen LogP contribution in [0.25, 0.3) is 0 Å². The van der Waals surface area contributed by atoms with Gasteiger partial charge in [0.25, 0.3) is 5.69 Å². The summed E-state index contributed by atoms with van der Waals surface area (Å²) in [5.74, 6) is 0. The van der Waals surface area contributed by atoms with Gasteiger partial charge in [0.1, 0.15) is 6.61 Å². The summed E-state index contributed by atoms with van der Waals surface area (Å²) >= 11 is 0. The van der Waals surface area contributed by atoms with Crippen molar-refractivity contribution >= 4 is 11.8 Å². The number of nitro groups is 1. The molecule has 2 unspecified atom stereocenters. The SMILES string of the molecule is COCC12CN(C(=O)OCc3ccccc3)C=CC1(c1ccc([N+](=O)[O-])cc1)C2. The number of allylic oxidation sites excluding steroid dienone is 1. The standard InChI is InChI=1S/C22H22N2O5/c1-28-16-21-14-22(21,18-7-9-19(10-8-18)24(26)27)11-12-23(15-21)20(25)29-13-17-5-3-2-4-6-17/h2-12H,13-16H2,1H3. The zero-order valence-electron chi connectivity index (χ0n) is 16.1. The van der Waals surface area contributed by atoms with E-state index in [9.17, 15) is 14.9 Å². The van der Waals surface area contributed by atoms with Crippen LogP contribution >= 0.6 is 0 Å². The van der Waals surface area contributed by atoms with E-state index >= 15 is 0 Å². The van der Waals surface area contributed by atoms with Crippen molar-refractivity contribution in [3.63, 3.8) is 0 Å². The molecule has 150 valence electrons. The molecule has 1 aliphatic heterocycles. The first-order valence-electron chi connectivity index (χ1n) is 9.40. The van der Waals surface area contributed by atoms with Gasteiger partial charge >= 0.3 is 6.09 Å². The van der Waals surface area contributed by atoms with Crippen LogP contribution in [-0.2, 0) is 21.5 Å². The molecule has 2 atom stereocenters. The number of benzene rings is 2. The van der Waals surface area contributed by atoms with Gasteiger partial charge in [0, 0.05) is 42.8 Å². The minimum atomic E-state index is -0.405. The normalized spacial score (nSPS) is 24.7. The Bertz CT molecular complexity index is 943. The van der Waals surface area contributed by atoms with Crippen LogP contribution in [0.1, 0.15) is 17.5 Å². The second-order valence-electron chi connectivity index (χ2n) is 7.65. The number of amides is 1. The maximum atomic E-state index is 12.6. The molecule has 0 saturated heterocycles. The predicted molar refractivity (Wildman–Crippen MR) is 106 cm³/mol. The Morgan fingerprint density at radius 1 is 1.17 bits per heavy atom. The molecule has 2 aliphatic rings. The van der Waals surface area contributed by atoms with Crippen LogP contribution in [0.4, 0.5) is 10.5 Å². The van der Waals surface area contributed by atoms with E-state index in [2.05, 4.69) is 0 Å². The predicted octanol–water partition coefficient (Wildman–Crippen LogP) is 4.04. The molecule has 2 aromatic carbocycles. The molecule has 1 fully saturated rings. The van der Waals surface area contributed by atoms with Gasteiger partial charge in [0.2, 0.25) is 0 Å². The van der Waals surface area contributed by atoms with Crippen molar-refractivity contribution in [1.29, 1.82) is 0 Å². The van der Waals surface area contributed by atoms with Gasteiger partial charge in [-0.1, -0.05) is 48.5 Å². The molecule has 0 radical (unpaired) electrons. The molecule has 2 aromatic rings. The third-order valence-electron chi connectivity index (χ3n) is 5.90. The smallest absolute Gasteiger partial charge is 0.414 e. The van der Waals surface area contributed by atoms with Crippen LogP contribution in [0.5, 0.6) is 0 Å². The molecule has 0 spiro atoms. The monoisotopic (exact) mass is 394 g/mol. The highest BCUT2D eigenvalue weighted by atomic mass is 16.6. The topological polar surface area (TPSA) is 81.9 Å². The molecule has 7 heteroatoms. The lowest BCUT2D eigenvalue weighted by atomic mass is 9.84. The number of methoxy groups -OCH3 is 1. The van der Waals surface area contributed by atoms with Gasteiger partial charge in [0.05, 0.1) is 11.5 Å². The minimum absolute atomic E-state index is 0.0639. The maximum absolute atomic E-state index is 12.6. The summed E-state index contributed by atoms with van der Waals surface area (Å²) in [5, 5.41) is 10.9. The number of hydrogen-bond acceptors (Lipinski definition) is 5. The Morgan fingerprint density at radius 2 is 1.90 bits per heavy atom. The van der Waals surface area contributed by atoms with Crippen LogP contribution in [0, 0.1) is 15.5 Å². The van der Waals surface area contributed by atoms with Crippen molar-refractivity contribution in [2.24, 2.45) is 5.41 Å². The van der Waals surface area contributed by atoms with Crippen molar-refractivity contribution < 1.29 is 19.2 Å². The number of carbonyl (C=O) groups excluding carboxylic acids is 1. The number of nitrogens with zero attached hydrogens (tertiary/aromatic N) is 2. The number of hydrogen-bond donors (Lipinski definition) is 0. The second kappa shape index (κ2) is 7.33. The largest absolute Gasteiger partial charge is 0.444 e. The lowest BCUT2D eigenvalue weighted by Crippen LogP contribution is -2.40. The van der Waals surface area contributed by atoms with Crippen LogP contribution < -0.4 is 0 Å².